The van der Waals surface area contributed by atoms with Gasteiger partial charge < -0.3 is 25.1 Å². The fourth-order valence-corrected chi connectivity index (χ4v) is 2.05. The summed E-state index contributed by atoms with van der Waals surface area (Å²) in [4.78, 5) is 34.3. The second-order valence-corrected chi connectivity index (χ2v) is 5.09. The minimum absolute atomic E-state index is 0.291. The summed E-state index contributed by atoms with van der Waals surface area (Å²) < 4.78 is 0. The van der Waals surface area contributed by atoms with E-state index in [2.05, 4.69) is 5.32 Å². The zero-order valence-corrected chi connectivity index (χ0v) is 12.5. The van der Waals surface area contributed by atoms with Crippen molar-refractivity contribution in [1.82, 2.24) is 0 Å². The molecule has 118 valence electrons. The van der Waals surface area contributed by atoms with Gasteiger partial charge in [0.05, 0.1) is 11.9 Å². The summed E-state index contributed by atoms with van der Waals surface area (Å²) in [5.74, 6) is -3.81. The van der Waals surface area contributed by atoms with Gasteiger partial charge in [-0.3, -0.25) is 4.79 Å². The number of hydrogen-bond donors (Lipinski definition) is 1. The molecule has 6 heteroatoms. The molecule has 0 saturated carbocycles. The van der Waals surface area contributed by atoms with Gasteiger partial charge in [0.2, 0.25) is 0 Å². The number of carboxylic acids is 2. The minimum atomic E-state index is -1.57. The van der Waals surface area contributed by atoms with Gasteiger partial charge in [-0.05, 0) is 48.7 Å². The molecule has 23 heavy (non-hydrogen) atoms. The maximum absolute atomic E-state index is 12.3. The monoisotopic (exact) mass is 311 g/mol. The highest BCUT2D eigenvalue weighted by atomic mass is 16.4. The third-order valence-electron chi connectivity index (χ3n) is 3.48. The Balaban J connectivity index is 2.40. The Bertz CT molecular complexity index is 811. The highest BCUT2D eigenvalue weighted by Crippen LogP contribution is 2.17. The SMILES string of the molecule is Cc1ccc(NC(=O)c2cc(C(=O)[O-])ccc2C(=O)[O-])cc1C. The third-order valence-corrected chi connectivity index (χ3v) is 3.48. The van der Waals surface area contributed by atoms with E-state index in [-0.39, 0.29) is 11.1 Å². The number of carbonyl (C=O) groups is 3. The van der Waals surface area contributed by atoms with Crippen molar-refractivity contribution in [2.24, 2.45) is 0 Å². The van der Waals surface area contributed by atoms with Crippen LogP contribution >= 0.6 is 0 Å². The molecule has 0 aliphatic rings. The van der Waals surface area contributed by atoms with Crippen LogP contribution in [0.25, 0.3) is 0 Å². The number of carboxylic acid groups (broad SMARTS) is 2. The van der Waals surface area contributed by atoms with E-state index in [4.69, 9.17) is 0 Å². The molecule has 2 aromatic rings. The predicted molar refractivity (Wildman–Crippen MR) is 79.0 cm³/mol. The molecule has 0 atom stereocenters. The van der Waals surface area contributed by atoms with Crippen molar-refractivity contribution in [3.05, 3.63) is 64.2 Å². The van der Waals surface area contributed by atoms with Gasteiger partial charge in [-0.2, -0.15) is 0 Å². The molecule has 6 nitrogen and oxygen atoms in total. The molecule has 0 aliphatic carbocycles. The first-order valence-corrected chi connectivity index (χ1v) is 6.75. The Labute approximate surface area is 132 Å². The third kappa shape index (κ3) is 3.55. The van der Waals surface area contributed by atoms with Crippen molar-refractivity contribution in [2.45, 2.75) is 13.8 Å². The van der Waals surface area contributed by atoms with E-state index in [1.807, 2.05) is 19.9 Å². The van der Waals surface area contributed by atoms with E-state index in [0.29, 0.717) is 5.69 Å². The molecular weight excluding hydrogens is 298 g/mol. The first kappa shape index (κ1) is 16.2. The van der Waals surface area contributed by atoms with E-state index in [9.17, 15) is 24.6 Å². The van der Waals surface area contributed by atoms with Gasteiger partial charge in [0.1, 0.15) is 0 Å². The Morgan fingerprint density at radius 3 is 2.09 bits per heavy atom. The zero-order valence-electron chi connectivity index (χ0n) is 12.5. The Morgan fingerprint density at radius 1 is 0.826 bits per heavy atom. The number of hydrogen-bond acceptors (Lipinski definition) is 5. The first-order valence-electron chi connectivity index (χ1n) is 6.75. The molecular formula is C17H13NO5-2. The number of anilines is 1. The van der Waals surface area contributed by atoms with Crippen molar-refractivity contribution in [3.63, 3.8) is 0 Å². The maximum Gasteiger partial charge on any atom is 0.256 e. The highest BCUT2D eigenvalue weighted by Gasteiger charge is 2.14. The molecule has 1 N–H and O–H groups in total. The van der Waals surface area contributed by atoms with Crippen LogP contribution in [0.3, 0.4) is 0 Å². The quantitative estimate of drug-likeness (QED) is 0.872. The molecule has 0 aromatic heterocycles. The Morgan fingerprint density at radius 2 is 1.52 bits per heavy atom. The smallest absolute Gasteiger partial charge is 0.256 e. The molecule has 0 aliphatic heterocycles. The zero-order chi connectivity index (χ0) is 17.1. The van der Waals surface area contributed by atoms with Gasteiger partial charge in [-0.15, -0.1) is 0 Å². The van der Waals surface area contributed by atoms with Crippen LogP contribution < -0.4 is 15.5 Å². The predicted octanol–water partition coefficient (Wildman–Crippen LogP) is 0.283. The number of carbonyl (C=O) groups excluding carboxylic acids is 3. The fraction of sp³-hybridized carbons (Fsp3) is 0.118. The van der Waals surface area contributed by atoms with Gasteiger partial charge in [-0.25, -0.2) is 0 Å². The van der Waals surface area contributed by atoms with E-state index in [0.717, 1.165) is 29.3 Å². The van der Waals surface area contributed by atoms with Crippen LogP contribution in [0.1, 0.15) is 42.2 Å². The molecule has 1 amide bonds. The Kier molecular flexibility index (Phi) is 4.45. The van der Waals surface area contributed by atoms with Gasteiger partial charge in [0.15, 0.2) is 0 Å². The highest BCUT2D eigenvalue weighted by molar-refractivity contribution is 6.11. The van der Waals surface area contributed by atoms with Crippen LogP contribution in [0.2, 0.25) is 0 Å². The molecule has 0 heterocycles. The lowest BCUT2D eigenvalue weighted by molar-refractivity contribution is -0.256. The van der Waals surface area contributed by atoms with E-state index < -0.39 is 23.4 Å². The largest absolute Gasteiger partial charge is 0.545 e. The molecule has 0 spiro atoms. The van der Waals surface area contributed by atoms with Crippen LogP contribution in [0.4, 0.5) is 5.69 Å². The number of aromatic carboxylic acids is 2. The number of amides is 1. The lowest BCUT2D eigenvalue weighted by Gasteiger charge is -2.14. The number of rotatable bonds is 4. The van der Waals surface area contributed by atoms with Gasteiger partial charge in [-0.1, -0.05) is 18.2 Å². The first-order chi connectivity index (χ1) is 10.8. The van der Waals surface area contributed by atoms with Crippen molar-refractivity contribution < 1.29 is 24.6 Å². The number of aryl methyl sites for hydroxylation is 2. The fourth-order valence-electron chi connectivity index (χ4n) is 2.05. The standard InChI is InChI=1S/C17H15NO5/c1-9-3-5-12(7-10(9)2)18-15(19)14-8-11(16(20)21)4-6-13(14)17(22)23/h3-8H,1-2H3,(H,18,19)(H,20,21)(H,22,23)/p-2. The van der Waals surface area contributed by atoms with Crippen molar-refractivity contribution in [2.75, 3.05) is 5.32 Å². The van der Waals surface area contributed by atoms with E-state index >= 15 is 0 Å². The Hall–Kier alpha value is -3.15. The van der Waals surface area contributed by atoms with Gasteiger partial charge in [0.25, 0.3) is 5.91 Å². The summed E-state index contributed by atoms with van der Waals surface area (Å²) in [5.41, 5.74) is 1.48. The molecule has 0 fully saturated rings. The average Bonchev–Trinajstić information content (AvgIpc) is 2.50. The summed E-state index contributed by atoms with van der Waals surface area (Å²) in [6, 6.07) is 8.22. The van der Waals surface area contributed by atoms with Crippen molar-refractivity contribution >= 4 is 23.5 Å². The van der Waals surface area contributed by atoms with E-state index in [1.165, 1.54) is 0 Å². The molecule has 0 bridgehead atoms. The summed E-state index contributed by atoms with van der Waals surface area (Å²) in [6.07, 6.45) is 0. The second kappa shape index (κ2) is 6.31. The summed E-state index contributed by atoms with van der Waals surface area (Å²) >= 11 is 0. The molecule has 0 saturated heterocycles. The molecule has 2 rings (SSSR count). The maximum atomic E-state index is 12.3. The van der Waals surface area contributed by atoms with Gasteiger partial charge in [0, 0.05) is 16.8 Å². The molecule has 0 radical (unpaired) electrons. The van der Waals surface area contributed by atoms with Crippen molar-refractivity contribution in [3.8, 4) is 0 Å². The number of nitrogens with one attached hydrogen (secondary N) is 1. The van der Waals surface area contributed by atoms with Crippen LogP contribution in [-0.4, -0.2) is 17.8 Å². The lowest BCUT2D eigenvalue weighted by Crippen LogP contribution is -2.28. The number of benzene rings is 2. The van der Waals surface area contributed by atoms with Crippen molar-refractivity contribution in [1.29, 1.82) is 0 Å². The van der Waals surface area contributed by atoms with E-state index in [1.54, 1.807) is 12.1 Å². The van der Waals surface area contributed by atoms with Crippen LogP contribution in [0.15, 0.2) is 36.4 Å². The van der Waals surface area contributed by atoms with Crippen LogP contribution in [-0.2, 0) is 0 Å². The summed E-state index contributed by atoms with van der Waals surface area (Å²) in [6.45, 7) is 3.78. The minimum Gasteiger partial charge on any atom is -0.545 e. The van der Waals surface area contributed by atoms with Crippen LogP contribution in [0, 0.1) is 13.8 Å². The molecule has 2 aromatic carbocycles. The lowest BCUT2D eigenvalue weighted by atomic mass is 10.0. The topological polar surface area (TPSA) is 109 Å². The van der Waals surface area contributed by atoms with Gasteiger partial charge >= 0.3 is 0 Å². The summed E-state index contributed by atoms with van der Waals surface area (Å²) in [5, 5.41) is 24.5. The normalized spacial score (nSPS) is 10.2. The summed E-state index contributed by atoms with van der Waals surface area (Å²) in [7, 11) is 0. The molecule has 0 unspecified atom stereocenters. The second-order valence-electron chi connectivity index (χ2n) is 5.09. The average molecular weight is 311 g/mol. The van der Waals surface area contributed by atoms with Crippen LogP contribution in [0.5, 0.6) is 0 Å².